The van der Waals surface area contributed by atoms with Crippen LogP contribution in [0.3, 0.4) is 0 Å². The highest BCUT2D eigenvalue weighted by Crippen LogP contribution is 2.13. The molecule has 2 atom stereocenters. The fourth-order valence-corrected chi connectivity index (χ4v) is 4.63. The first-order valence-corrected chi connectivity index (χ1v) is 11.4. The molecule has 166 valence electrons. The summed E-state index contributed by atoms with van der Waals surface area (Å²) in [7, 11) is -3.96. The number of carbonyl (C=O) groups excluding carboxylic acids is 3. The fourth-order valence-electron chi connectivity index (χ4n) is 3.26. The number of nitrogens with zero attached hydrogens (tertiary/aromatic N) is 2. The molecule has 1 aliphatic rings. The van der Waals surface area contributed by atoms with Gasteiger partial charge in [0.05, 0.1) is 11.2 Å². The van der Waals surface area contributed by atoms with Gasteiger partial charge in [0, 0.05) is 31.4 Å². The minimum absolute atomic E-state index is 0.0234. The van der Waals surface area contributed by atoms with Crippen LogP contribution in [-0.4, -0.2) is 54.2 Å². The zero-order chi connectivity index (χ0) is 22.6. The van der Waals surface area contributed by atoms with E-state index in [1.807, 2.05) is 0 Å². The van der Waals surface area contributed by atoms with Crippen molar-refractivity contribution in [3.63, 3.8) is 0 Å². The summed E-state index contributed by atoms with van der Waals surface area (Å²) in [4.78, 5) is 41.9. The molecule has 10 nitrogen and oxygen atoms in total. The van der Waals surface area contributed by atoms with E-state index in [0.29, 0.717) is 12.2 Å². The van der Waals surface area contributed by atoms with Crippen molar-refractivity contribution in [3.05, 3.63) is 48.5 Å². The summed E-state index contributed by atoms with van der Waals surface area (Å²) in [6.45, 7) is 4.07. The molecule has 0 aliphatic carbocycles. The maximum Gasteiger partial charge on any atom is 0.289 e. The summed E-state index contributed by atoms with van der Waals surface area (Å²) in [5.74, 6) is -2.69. The van der Waals surface area contributed by atoms with Crippen LogP contribution in [0.5, 0.6) is 0 Å². The molecule has 11 heteroatoms. The molecule has 0 saturated heterocycles. The molecule has 2 amide bonds. The molecule has 2 aromatic rings. The molecule has 1 aromatic carbocycles. The number of sulfonamides is 1. The lowest BCUT2D eigenvalue weighted by Crippen LogP contribution is -2.55. The second-order valence-electron chi connectivity index (χ2n) is 7.62. The zero-order valence-corrected chi connectivity index (χ0v) is 18.1. The van der Waals surface area contributed by atoms with Gasteiger partial charge in [0.25, 0.3) is 5.91 Å². The Kier molecular flexibility index (Phi) is 6.86. The monoisotopic (exact) mass is 447 g/mol. The average molecular weight is 448 g/mol. The number of rotatable bonds is 6. The molecule has 2 unspecified atom stereocenters. The Hall–Kier alpha value is -3.05. The predicted molar refractivity (Wildman–Crippen MR) is 111 cm³/mol. The summed E-state index contributed by atoms with van der Waals surface area (Å²) in [5.41, 5.74) is 0.682. The van der Waals surface area contributed by atoms with Crippen molar-refractivity contribution in [3.8, 4) is 0 Å². The van der Waals surface area contributed by atoms with Gasteiger partial charge in [-0.25, -0.2) is 13.4 Å². The smallest absolute Gasteiger partial charge is 0.289 e. The Balaban J connectivity index is 1.82. The van der Waals surface area contributed by atoms with Crippen molar-refractivity contribution < 1.29 is 22.8 Å². The molecule has 2 heterocycles. The number of imidazole rings is 1. The Bertz CT molecular complexity index is 1060. The Morgan fingerprint density at radius 2 is 1.94 bits per heavy atom. The third-order valence-electron chi connectivity index (χ3n) is 4.99. The molecule has 0 radical (unpaired) electrons. The molecule has 0 saturated carbocycles. The van der Waals surface area contributed by atoms with Crippen LogP contribution in [0.4, 0.5) is 0 Å². The lowest BCUT2D eigenvalue weighted by Gasteiger charge is -2.24. The first-order chi connectivity index (χ1) is 14.7. The van der Waals surface area contributed by atoms with Crippen LogP contribution < -0.4 is 15.4 Å². The minimum Gasteiger partial charge on any atom is -0.348 e. The molecule has 31 heavy (non-hydrogen) atoms. The summed E-state index contributed by atoms with van der Waals surface area (Å²) in [6, 6.07) is 5.40. The van der Waals surface area contributed by atoms with E-state index in [-0.39, 0.29) is 17.9 Å². The Morgan fingerprint density at radius 1 is 1.23 bits per heavy atom. The molecule has 0 bridgehead atoms. The van der Waals surface area contributed by atoms with E-state index in [1.165, 1.54) is 12.1 Å². The van der Waals surface area contributed by atoms with Gasteiger partial charge in [0.15, 0.2) is 0 Å². The van der Waals surface area contributed by atoms with Crippen molar-refractivity contribution in [2.24, 2.45) is 5.92 Å². The van der Waals surface area contributed by atoms with E-state index in [4.69, 9.17) is 0 Å². The van der Waals surface area contributed by atoms with E-state index >= 15 is 0 Å². The van der Waals surface area contributed by atoms with Crippen molar-refractivity contribution in [1.29, 1.82) is 0 Å². The van der Waals surface area contributed by atoms with Crippen molar-refractivity contribution in [1.82, 2.24) is 24.9 Å². The number of hydrogen-bond acceptors (Lipinski definition) is 6. The molecule has 1 aliphatic heterocycles. The first-order valence-electron chi connectivity index (χ1n) is 9.88. The first kappa shape index (κ1) is 22.6. The maximum absolute atomic E-state index is 13.0. The topological polar surface area (TPSA) is 139 Å². The number of benzene rings is 1. The van der Waals surface area contributed by atoms with Gasteiger partial charge in [0.2, 0.25) is 21.7 Å². The number of ketones is 1. The van der Waals surface area contributed by atoms with E-state index in [0.717, 1.165) is 0 Å². The van der Waals surface area contributed by atoms with Crippen LogP contribution in [-0.2, 0) is 37.4 Å². The molecule has 1 aromatic heterocycles. The summed E-state index contributed by atoms with van der Waals surface area (Å²) >= 11 is 0. The number of fused-ring (bicyclic) bond motifs is 1. The largest absolute Gasteiger partial charge is 0.348 e. The Morgan fingerprint density at radius 3 is 2.61 bits per heavy atom. The van der Waals surface area contributed by atoms with Gasteiger partial charge in [-0.05, 0) is 18.1 Å². The standard InChI is InChI=1S/C20H25N5O5S/c1-13(2)17(24-31(29,30)15-6-4-3-5-7-15)19(27)23-16-10-14-11-21-12-25(14)9-8-22-20(28)18(16)26/h3-7,11-13,16-17,24H,8-10H2,1-2H3,(H,22,28)(H,23,27). The average Bonchev–Trinajstić information content (AvgIpc) is 3.18. The number of nitrogens with one attached hydrogen (secondary N) is 3. The van der Waals surface area contributed by atoms with Crippen LogP contribution in [0.1, 0.15) is 19.5 Å². The van der Waals surface area contributed by atoms with Crippen LogP contribution in [0, 0.1) is 5.92 Å². The highest BCUT2D eigenvalue weighted by atomic mass is 32.2. The number of aromatic nitrogens is 2. The highest BCUT2D eigenvalue weighted by Gasteiger charge is 2.34. The second-order valence-corrected chi connectivity index (χ2v) is 9.33. The van der Waals surface area contributed by atoms with E-state index in [9.17, 15) is 22.8 Å². The molecular formula is C20H25N5O5S. The van der Waals surface area contributed by atoms with Gasteiger partial charge >= 0.3 is 0 Å². The third-order valence-corrected chi connectivity index (χ3v) is 6.45. The molecule has 0 fully saturated rings. The van der Waals surface area contributed by atoms with E-state index in [1.54, 1.807) is 49.1 Å². The summed E-state index contributed by atoms with van der Waals surface area (Å²) < 4.78 is 29.6. The van der Waals surface area contributed by atoms with Gasteiger partial charge in [-0.3, -0.25) is 14.4 Å². The zero-order valence-electron chi connectivity index (χ0n) is 17.2. The van der Waals surface area contributed by atoms with Gasteiger partial charge in [-0.15, -0.1) is 0 Å². The van der Waals surface area contributed by atoms with Crippen LogP contribution >= 0.6 is 0 Å². The van der Waals surface area contributed by atoms with Gasteiger partial charge in [-0.2, -0.15) is 4.72 Å². The van der Waals surface area contributed by atoms with Crippen LogP contribution in [0.15, 0.2) is 47.8 Å². The molecule has 3 N–H and O–H groups in total. The molecule has 0 spiro atoms. The maximum atomic E-state index is 13.0. The quantitative estimate of drug-likeness (QED) is 0.516. The van der Waals surface area contributed by atoms with Gasteiger partial charge in [-0.1, -0.05) is 32.0 Å². The van der Waals surface area contributed by atoms with Crippen molar-refractivity contribution in [2.45, 2.75) is 43.8 Å². The summed E-state index contributed by atoms with van der Waals surface area (Å²) in [5, 5.41) is 5.08. The third kappa shape index (κ3) is 5.36. The minimum atomic E-state index is -3.96. The number of amides is 2. The van der Waals surface area contributed by atoms with E-state index in [2.05, 4.69) is 20.3 Å². The lowest BCUT2D eigenvalue weighted by atomic mass is 10.0. The number of carbonyl (C=O) groups is 3. The number of Topliss-reactive ketones (excluding diaryl/α,β-unsaturated/α-hetero) is 1. The predicted octanol–water partition coefficient (Wildman–Crippen LogP) is -0.388. The van der Waals surface area contributed by atoms with Crippen molar-refractivity contribution in [2.75, 3.05) is 6.54 Å². The summed E-state index contributed by atoms with van der Waals surface area (Å²) in [6.07, 6.45) is 3.22. The second kappa shape index (κ2) is 9.40. The normalized spacial score (nSPS) is 18.4. The SMILES string of the molecule is CC(C)C(NS(=O)(=O)c1ccccc1)C(=O)NC1Cc2cncn2CCNC(=O)C1=O. The highest BCUT2D eigenvalue weighted by molar-refractivity contribution is 7.89. The molecule has 3 rings (SSSR count). The van der Waals surface area contributed by atoms with E-state index < -0.39 is 45.6 Å². The van der Waals surface area contributed by atoms with Crippen LogP contribution in [0.25, 0.3) is 0 Å². The lowest BCUT2D eigenvalue weighted by molar-refractivity contribution is -0.140. The Labute approximate surface area is 180 Å². The van der Waals surface area contributed by atoms with Crippen LogP contribution in [0.2, 0.25) is 0 Å². The van der Waals surface area contributed by atoms with Crippen molar-refractivity contribution >= 4 is 27.6 Å². The number of hydrogen-bond donors (Lipinski definition) is 3. The van der Waals surface area contributed by atoms with Gasteiger partial charge in [0.1, 0.15) is 12.1 Å². The van der Waals surface area contributed by atoms with Gasteiger partial charge < -0.3 is 15.2 Å². The molecular weight excluding hydrogens is 422 g/mol. The fraction of sp³-hybridized carbons (Fsp3) is 0.400.